The summed E-state index contributed by atoms with van der Waals surface area (Å²) in [5.74, 6) is 0.299. The molecule has 2 atom stereocenters. The van der Waals surface area contributed by atoms with Gasteiger partial charge < -0.3 is 16.0 Å². The zero-order valence-electron chi connectivity index (χ0n) is 11.7. The highest BCUT2D eigenvalue weighted by Crippen LogP contribution is 2.36. The van der Waals surface area contributed by atoms with Crippen LogP contribution >= 0.6 is 0 Å². The Bertz CT molecular complexity index is 714. The molecule has 21 heavy (non-hydrogen) atoms. The summed E-state index contributed by atoms with van der Waals surface area (Å²) < 4.78 is 0. The number of rotatable bonds is 1. The Labute approximate surface area is 123 Å². The molecule has 1 amide bonds. The van der Waals surface area contributed by atoms with Gasteiger partial charge >= 0.3 is 0 Å². The first kappa shape index (κ1) is 12.4. The fourth-order valence-electron chi connectivity index (χ4n) is 3.66. The van der Waals surface area contributed by atoms with Crippen LogP contribution in [0.1, 0.15) is 12.8 Å². The first-order valence-electron chi connectivity index (χ1n) is 7.43. The first-order chi connectivity index (χ1) is 10.3. The first-order valence-corrected chi connectivity index (χ1v) is 7.43. The number of carbonyl (C=O) groups excluding carboxylic acids is 1. The Balaban J connectivity index is 1.83. The van der Waals surface area contributed by atoms with Crippen molar-refractivity contribution < 1.29 is 4.79 Å². The molecule has 0 aliphatic carbocycles. The number of benzene rings is 1. The van der Waals surface area contributed by atoms with Gasteiger partial charge in [0.2, 0.25) is 5.91 Å². The summed E-state index contributed by atoms with van der Waals surface area (Å²) in [5, 5.41) is 3.98. The second kappa shape index (κ2) is 4.62. The van der Waals surface area contributed by atoms with Gasteiger partial charge in [0, 0.05) is 30.4 Å². The predicted molar refractivity (Wildman–Crippen MR) is 83.0 cm³/mol. The number of anilines is 2. The Morgan fingerprint density at radius 3 is 3.14 bits per heavy atom. The molecule has 2 fully saturated rings. The van der Waals surface area contributed by atoms with E-state index in [2.05, 4.69) is 15.2 Å². The molecular weight excluding hydrogens is 264 g/mol. The van der Waals surface area contributed by atoms with E-state index in [0.29, 0.717) is 0 Å². The van der Waals surface area contributed by atoms with Crippen molar-refractivity contribution in [3.8, 4) is 0 Å². The number of carbonyl (C=O) groups is 1. The van der Waals surface area contributed by atoms with Gasteiger partial charge in [-0.1, -0.05) is 0 Å². The largest absolute Gasteiger partial charge is 0.398 e. The molecule has 2 unspecified atom stereocenters. The van der Waals surface area contributed by atoms with Crippen molar-refractivity contribution >= 4 is 28.2 Å². The number of fused-ring (bicyclic) bond motifs is 2. The summed E-state index contributed by atoms with van der Waals surface area (Å²) in [5.41, 5.74) is 8.82. The van der Waals surface area contributed by atoms with E-state index in [1.54, 1.807) is 6.20 Å². The summed E-state index contributed by atoms with van der Waals surface area (Å²) in [6.45, 7) is 1.69. The van der Waals surface area contributed by atoms with Crippen LogP contribution in [0.15, 0.2) is 30.5 Å². The number of piperidine rings is 1. The Hall–Kier alpha value is -2.30. The van der Waals surface area contributed by atoms with Gasteiger partial charge in [0.05, 0.1) is 23.2 Å². The second-order valence-corrected chi connectivity index (χ2v) is 5.83. The lowest BCUT2D eigenvalue weighted by Crippen LogP contribution is -2.45. The topological polar surface area (TPSA) is 71.2 Å². The molecule has 3 N–H and O–H groups in total. The number of hydrogen-bond donors (Lipinski definition) is 2. The van der Waals surface area contributed by atoms with Crippen molar-refractivity contribution in [3.05, 3.63) is 30.5 Å². The molecule has 2 aliphatic rings. The lowest BCUT2D eigenvalue weighted by Gasteiger charge is -2.38. The molecule has 0 radical (unpaired) electrons. The van der Waals surface area contributed by atoms with Crippen LogP contribution in [0.25, 0.3) is 10.9 Å². The van der Waals surface area contributed by atoms with Crippen LogP contribution in [0.4, 0.5) is 11.4 Å². The number of nitrogens with two attached hydrogens (primary N) is 1. The van der Waals surface area contributed by atoms with E-state index in [1.807, 2.05) is 24.3 Å². The smallest absolute Gasteiger partial charge is 0.225 e. The average molecular weight is 282 g/mol. The Morgan fingerprint density at radius 2 is 2.24 bits per heavy atom. The predicted octanol–water partition coefficient (Wildman–Crippen LogP) is 1.53. The quantitative estimate of drug-likeness (QED) is 0.778. The van der Waals surface area contributed by atoms with Crippen molar-refractivity contribution in [2.24, 2.45) is 5.92 Å². The van der Waals surface area contributed by atoms with Gasteiger partial charge in [0.15, 0.2) is 0 Å². The molecule has 0 saturated carbocycles. The summed E-state index contributed by atoms with van der Waals surface area (Å²) >= 11 is 0. The Kier molecular flexibility index (Phi) is 2.74. The summed E-state index contributed by atoms with van der Waals surface area (Å²) in [7, 11) is 0. The molecule has 4 rings (SSSR count). The Morgan fingerprint density at radius 1 is 1.33 bits per heavy atom. The molecule has 0 spiro atoms. The minimum atomic E-state index is 0.107. The van der Waals surface area contributed by atoms with E-state index >= 15 is 0 Å². The van der Waals surface area contributed by atoms with Crippen LogP contribution in [-0.4, -0.2) is 30.0 Å². The minimum Gasteiger partial charge on any atom is -0.398 e. The number of hydrogen-bond acceptors (Lipinski definition) is 4. The molecule has 1 aromatic heterocycles. The van der Waals surface area contributed by atoms with Crippen LogP contribution in [0, 0.1) is 5.92 Å². The van der Waals surface area contributed by atoms with E-state index in [9.17, 15) is 4.79 Å². The van der Waals surface area contributed by atoms with Gasteiger partial charge in [-0.25, -0.2) is 0 Å². The minimum absolute atomic E-state index is 0.107. The maximum Gasteiger partial charge on any atom is 0.225 e. The number of aromatic nitrogens is 1. The summed E-state index contributed by atoms with van der Waals surface area (Å²) in [6, 6.07) is 8.12. The molecule has 3 heterocycles. The monoisotopic (exact) mass is 282 g/mol. The van der Waals surface area contributed by atoms with Crippen LogP contribution in [0.5, 0.6) is 0 Å². The molecule has 2 aromatic rings. The lowest BCUT2D eigenvalue weighted by molar-refractivity contribution is -0.122. The van der Waals surface area contributed by atoms with Crippen LogP contribution in [0.3, 0.4) is 0 Å². The molecule has 5 nitrogen and oxygen atoms in total. The lowest BCUT2D eigenvalue weighted by atomic mass is 9.90. The van der Waals surface area contributed by atoms with Gasteiger partial charge in [-0.05, 0) is 37.1 Å². The highest BCUT2D eigenvalue weighted by atomic mass is 16.2. The fourth-order valence-corrected chi connectivity index (χ4v) is 3.66. The number of nitrogens with one attached hydrogen (secondary N) is 1. The number of nitrogens with zero attached hydrogens (tertiary/aromatic N) is 2. The van der Waals surface area contributed by atoms with Crippen LogP contribution in [-0.2, 0) is 4.79 Å². The zero-order chi connectivity index (χ0) is 14.4. The van der Waals surface area contributed by atoms with E-state index in [-0.39, 0.29) is 17.9 Å². The highest BCUT2D eigenvalue weighted by molar-refractivity contribution is 5.99. The highest BCUT2D eigenvalue weighted by Gasteiger charge is 2.41. The normalized spacial score (nSPS) is 25.0. The van der Waals surface area contributed by atoms with Gasteiger partial charge in [-0.3, -0.25) is 9.78 Å². The maximum atomic E-state index is 11.9. The van der Waals surface area contributed by atoms with Gasteiger partial charge in [0.25, 0.3) is 0 Å². The average Bonchev–Trinajstić information content (AvgIpc) is 2.90. The van der Waals surface area contributed by atoms with Crippen LogP contribution < -0.4 is 16.0 Å². The third-order valence-electron chi connectivity index (χ3n) is 4.69. The second-order valence-electron chi connectivity index (χ2n) is 5.83. The number of pyridine rings is 1. The van der Waals surface area contributed by atoms with Crippen molar-refractivity contribution in [1.29, 1.82) is 0 Å². The fraction of sp³-hybridized carbons (Fsp3) is 0.375. The summed E-state index contributed by atoms with van der Waals surface area (Å²) in [4.78, 5) is 18.8. The molecule has 108 valence electrons. The van der Waals surface area contributed by atoms with Crippen molar-refractivity contribution in [2.75, 3.05) is 23.7 Å². The van der Waals surface area contributed by atoms with E-state index in [0.717, 1.165) is 48.2 Å². The van der Waals surface area contributed by atoms with E-state index in [4.69, 9.17) is 5.73 Å². The molecule has 1 aromatic carbocycles. The van der Waals surface area contributed by atoms with E-state index in [1.165, 1.54) is 0 Å². The third-order valence-corrected chi connectivity index (χ3v) is 4.69. The third kappa shape index (κ3) is 1.84. The SMILES string of the molecule is Nc1ccc(N2CCCC3C(=O)NCC32)c2ncccc12. The molecule has 2 aliphatic heterocycles. The zero-order valence-corrected chi connectivity index (χ0v) is 11.7. The molecule has 2 saturated heterocycles. The van der Waals surface area contributed by atoms with E-state index < -0.39 is 0 Å². The van der Waals surface area contributed by atoms with Gasteiger partial charge in [-0.15, -0.1) is 0 Å². The molecule has 0 bridgehead atoms. The van der Waals surface area contributed by atoms with Gasteiger partial charge in [-0.2, -0.15) is 0 Å². The standard InChI is InChI=1S/C16H18N4O/c17-12-5-6-13(15-10(12)3-1-7-18-15)20-8-2-4-11-14(20)9-19-16(11)21/h1,3,5-7,11,14H,2,4,8-9,17H2,(H,19,21). The maximum absolute atomic E-state index is 11.9. The number of nitrogen functional groups attached to an aromatic ring is 1. The van der Waals surface area contributed by atoms with Crippen molar-refractivity contribution in [3.63, 3.8) is 0 Å². The molecular formula is C16H18N4O. The number of amides is 1. The van der Waals surface area contributed by atoms with Crippen molar-refractivity contribution in [2.45, 2.75) is 18.9 Å². The van der Waals surface area contributed by atoms with Crippen molar-refractivity contribution in [1.82, 2.24) is 10.3 Å². The van der Waals surface area contributed by atoms with Gasteiger partial charge in [0.1, 0.15) is 0 Å². The molecule has 5 heteroatoms. The summed E-state index contributed by atoms with van der Waals surface area (Å²) in [6.07, 6.45) is 3.81. The van der Waals surface area contributed by atoms with Crippen LogP contribution in [0.2, 0.25) is 0 Å².